The van der Waals surface area contributed by atoms with Crippen LogP contribution >= 0.6 is 0 Å². The maximum absolute atomic E-state index is 13.8. The van der Waals surface area contributed by atoms with Gasteiger partial charge < -0.3 is 10.1 Å². The first-order valence-corrected chi connectivity index (χ1v) is 7.74. The van der Waals surface area contributed by atoms with Gasteiger partial charge in [0.05, 0.1) is 5.69 Å². The predicted molar refractivity (Wildman–Crippen MR) is 85.7 cm³/mol. The van der Waals surface area contributed by atoms with E-state index in [4.69, 9.17) is 4.74 Å². The molecule has 6 heteroatoms. The van der Waals surface area contributed by atoms with Gasteiger partial charge in [-0.25, -0.2) is 9.18 Å². The van der Waals surface area contributed by atoms with Crippen molar-refractivity contribution < 1.29 is 18.7 Å². The molecule has 1 fully saturated rings. The lowest BCUT2D eigenvalue weighted by molar-refractivity contribution is -0.120. The third-order valence-electron chi connectivity index (χ3n) is 3.56. The second-order valence-corrected chi connectivity index (χ2v) is 6.80. The normalized spacial score (nSPS) is 18.0. The maximum Gasteiger partial charge on any atom is 0.410 e. The van der Waals surface area contributed by atoms with Crippen molar-refractivity contribution >= 4 is 17.7 Å². The Bertz CT molecular complexity index is 610. The molecule has 126 valence electrons. The zero-order valence-corrected chi connectivity index (χ0v) is 14.0. The molecule has 23 heavy (non-hydrogen) atoms. The van der Waals surface area contributed by atoms with Crippen molar-refractivity contribution in [2.75, 3.05) is 11.9 Å². The highest BCUT2D eigenvalue weighted by molar-refractivity contribution is 5.97. The number of carbonyl (C=O) groups is 2. The van der Waals surface area contributed by atoms with Crippen molar-refractivity contribution in [3.05, 3.63) is 29.6 Å². The highest BCUT2D eigenvalue weighted by Crippen LogP contribution is 2.23. The van der Waals surface area contributed by atoms with Crippen molar-refractivity contribution in [1.82, 2.24) is 4.90 Å². The van der Waals surface area contributed by atoms with Crippen LogP contribution in [0.3, 0.4) is 0 Å². The van der Waals surface area contributed by atoms with Gasteiger partial charge in [0.1, 0.15) is 17.5 Å². The summed E-state index contributed by atoms with van der Waals surface area (Å²) in [5.41, 5.74) is 0.353. The monoisotopic (exact) mass is 322 g/mol. The number of halogens is 1. The first-order valence-electron chi connectivity index (χ1n) is 7.74. The molecule has 5 nitrogen and oxygen atoms in total. The number of aryl methyl sites for hydroxylation is 1. The largest absolute Gasteiger partial charge is 0.444 e. The van der Waals surface area contributed by atoms with Crippen LogP contribution in [0.5, 0.6) is 0 Å². The molecule has 1 unspecified atom stereocenters. The number of hydrogen-bond acceptors (Lipinski definition) is 3. The molecule has 0 aromatic heterocycles. The summed E-state index contributed by atoms with van der Waals surface area (Å²) in [5.74, 6) is -0.886. The van der Waals surface area contributed by atoms with Crippen molar-refractivity contribution in [3.8, 4) is 0 Å². The van der Waals surface area contributed by atoms with E-state index < -0.39 is 29.5 Å². The van der Waals surface area contributed by atoms with Gasteiger partial charge in [-0.1, -0.05) is 6.07 Å². The summed E-state index contributed by atoms with van der Waals surface area (Å²) >= 11 is 0. The van der Waals surface area contributed by atoms with Gasteiger partial charge in [0.15, 0.2) is 0 Å². The number of benzene rings is 1. The molecule has 0 aliphatic carbocycles. The second kappa shape index (κ2) is 6.56. The first kappa shape index (κ1) is 17.2. The van der Waals surface area contributed by atoms with Gasteiger partial charge in [-0.15, -0.1) is 0 Å². The lowest BCUT2D eigenvalue weighted by Gasteiger charge is -2.28. The number of nitrogens with one attached hydrogen (secondary N) is 1. The number of carbonyl (C=O) groups excluding carboxylic acids is 2. The molecule has 0 radical (unpaired) electrons. The predicted octanol–water partition coefficient (Wildman–Crippen LogP) is 3.47. The van der Waals surface area contributed by atoms with Crippen LogP contribution in [-0.2, 0) is 9.53 Å². The molecule has 1 aromatic rings. The van der Waals surface area contributed by atoms with Crippen LogP contribution in [0, 0.1) is 12.7 Å². The van der Waals surface area contributed by atoms with Gasteiger partial charge >= 0.3 is 6.09 Å². The SMILES string of the molecule is Cc1ccc(F)c(NC(=O)C2CCCN2C(=O)OC(C)(C)C)c1. The van der Waals surface area contributed by atoms with Crippen molar-refractivity contribution in [1.29, 1.82) is 0 Å². The number of anilines is 1. The van der Waals surface area contributed by atoms with Crippen molar-refractivity contribution in [2.45, 2.75) is 52.2 Å². The third kappa shape index (κ3) is 4.43. The van der Waals surface area contributed by atoms with E-state index in [2.05, 4.69) is 5.32 Å². The number of hydrogen-bond donors (Lipinski definition) is 1. The molecule has 0 spiro atoms. The lowest BCUT2D eigenvalue weighted by Crippen LogP contribution is -2.45. The lowest BCUT2D eigenvalue weighted by atomic mass is 10.1. The fourth-order valence-corrected chi connectivity index (χ4v) is 2.53. The van der Waals surface area contributed by atoms with E-state index >= 15 is 0 Å². The minimum absolute atomic E-state index is 0.131. The average Bonchev–Trinajstić information content (AvgIpc) is 2.90. The first-order chi connectivity index (χ1) is 10.7. The molecule has 1 aromatic carbocycles. The van der Waals surface area contributed by atoms with Crippen LogP contribution < -0.4 is 5.32 Å². The minimum atomic E-state index is -0.634. The van der Waals surface area contributed by atoms with E-state index in [-0.39, 0.29) is 5.69 Å². The van der Waals surface area contributed by atoms with E-state index in [1.165, 1.54) is 11.0 Å². The van der Waals surface area contributed by atoms with Gasteiger partial charge in [0.25, 0.3) is 0 Å². The molecule has 1 aliphatic rings. The molecule has 1 aliphatic heterocycles. The summed E-state index contributed by atoms with van der Waals surface area (Å²) in [6.45, 7) is 7.61. The Morgan fingerprint density at radius 2 is 2.04 bits per heavy atom. The van der Waals surface area contributed by atoms with Crippen LogP contribution in [0.25, 0.3) is 0 Å². The van der Waals surface area contributed by atoms with Gasteiger partial charge in [0, 0.05) is 6.54 Å². The average molecular weight is 322 g/mol. The molecule has 2 amide bonds. The standard InChI is InChI=1S/C17H23FN2O3/c1-11-7-8-12(18)13(10-11)19-15(21)14-6-5-9-20(14)16(22)23-17(2,3)4/h7-8,10,14H,5-6,9H2,1-4H3,(H,19,21). The quantitative estimate of drug-likeness (QED) is 0.907. The van der Waals surface area contributed by atoms with Crippen LogP contribution in [0.2, 0.25) is 0 Å². The van der Waals surface area contributed by atoms with Gasteiger partial charge in [-0.2, -0.15) is 0 Å². The number of likely N-dealkylation sites (tertiary alicyclic amines) is 1. The topological polar surface area (TPSA) is 58.6 Å². The van der Waals surface area contributed by atoms with Crippen LogP contribution in [-0.4, -0.2) is 35.1 Å². The Balaban J connectivity index is 2.08. The highest BCUT2D eigenvalue weighted by Gasteiger charge is 2.36. The van der Waals surface area contributed by atoms with Crippen LogP contribution in [0.1, 0.15) is 39.2 Å². The van der Waals surface area contributed by atoms with Crippen LogP contribution in [0.4, 0.5) is 14.9 Å². The van der Waals surface area contributed by atoms with Crippen molar-refractivity contribution in [3.63, 3.8) is 0 Å². The molecule has 1 heterocycles. The summed E-state index contributed by atoms with van der Waals surface area (Å²) in [6.07, 6.45) is 0.742. The zero-order chi connectivity index (χ0) is 17.2. The molecule has 0 saturated carbocycles. The minimum Gasteiger partial charge on any atom is -0.444 e. The Kier molecular flexibility index (Phi) is 4.92. The summed E-state index contributed by atoms with van der Waals surface area (Å²) in [4.78, 5) is 26.0. The molecular formula is C17H23FN2O3. The molecule has 1 saturated heterocycles. The molecule has 2 rings (SSSR count). The number of rotatable bonds is 2. The summed E-state index contributed by atoms with van der Waals surface area (Å²) in [5, 5.41) is 2.58. The fourth-order valence-electron chi connectivity index (χ4n) is 2.53. The third-order valence-corrected chi connectivity index (χ3v) is 3.56. The van der Waals surface area contributed by atoms with Gasteiger partial charge in [-0.3, -0.25) is 9.69 Å². The van der Waals surface area contributed by atoms with Crippen molar-refractivity contribution in [2.24, 2.45) is 0 Å². The molecule has 0 bridgehead atoms. The van der Waals surface area contributed by atoms with E-state index in [0.717, 1.165) is 5.56 Å². The van der Waals surface area contributed by atoms with Gasteiger partial charge in [0.2, 0.25) is 5.91 Å². The second-order valence-electron chi connectivity index (χ2n) is 6.80. The Morgan fingerprint density at radius 3 is 2.70 bits per heavy atom. The van der Waals surface area contributed by atoms with E-state index in [1.54, 1.807) is 32.9 Å². The fraction of sp³-hybridized carbons (Fsp3) is 0.529. The summed E-state index contributed by atoms with van der Waals surface area (Å²) < 4.78 is 19.1. The maximum atomic E-state index is 13.8. The smallest absolute Gasteiger partial charge is 0.410 e. The summed E-state index contributed by atoms with van der Waals surface area (Å²) in [6, 6.07) is 3.88. The number of ether oxygens (including phenoxy) is 1. The zero-order valence-electron chi connectivity index (χ0n) is 14.0. The van der Waals surface area contributed by atoms with E-state index in [9.17, 15) is 14.0 Å². The molecule has 1 N–H and O–H groups in total. The summed E-state index contributed by atoms with van der Waals surface area (Å²) in [7, 11) is 0. The number of nitrogens with zero attached hydrogens (tertiary/aromatic N) is 1. The number of amides is 2. The van der Waals surface area contributed by atoms with Crippen LogP contribution in [0.15, 0.2) is 18.2 Å². The van der Waals surface area contributed by atoms with E-state index in [0.29, 0.717) is 19.4 Å². The highest BCUT2D eigenvalue weighted by atomic mass is 19.1. The molecular weight excluding hydrogens is 299 g/mol. The Hall–Kier alpha value is -2.11. The van der Waals surface area contributed by atoms with E-state index in [1.807, 2.05) is 6.92 Å². The Morgan fingerprint density at radius 1 is 1.35 bits per heavy atom. The Labute approximate surface area is 135 Å². The molecule has 1 atom stereocenters. The van der Waals surface area contributed by atoms with Gasteiger partial charge in [-0.05, 0) is 58.2 Å².